The van der Waals surface area contributed by atoms with Crippen LogP contribution in [0, 0.1) is 5.92 Å². The predicted molar refractivity (Wildman–Crippen MR) is 100.0 cm³/mol. The zero-order valence-corrected chi connectivity index (χ0v) is 15.7. The molecule has 23 heavy (non-hydrogen) atoms. The first-order valence-electron chi connectivity index (χ1n) is 7.63. The highest BCUT2D eigenvalue weighted by Crippen LogP contribution is 2.26. The summed E-state index contributed by atoms with van der Waals surface area (Å²) in [5.74, 6) is 0.256. The Morgan fingerprint density at radius 3 is 2.91 bits per heavy atom. The van der Waals surface area contributed by atoms with Crippen molar-refractivity contribution in [3.63, 3.8) is 0 Å². The van der Waals surface area contributed by atoms with Crippen molar-refractivity contribution < 1.29 is 4.79 Å². The predicted octanol–water partition coefficient (Wildman–Crippen LogP) is 4.75. The van der Waals surface area contributed by atoms with Crippen molar-refractivity contribution in [1.82, 2.24) is 5.43 Å². The number of allylic oxidation sites excluding steroid dienone is 2. The van der Waals surface area contributed by atoms with Crippen LogP contribution in [0.25, 0.3) is 0 Å². The molecule has 0 aromatic heterocycles. The second kappa shape index (κ2) is 8.50. The molecule has 0 fully saturated rings. The summed E-state index contributed by atoms with van der Waals surface area (Å²) in [6, 6.07) is 5.38. The van der Waals surface area contributed by atoms with Crippen LogP contribution in [0.15, 0.2) is 39.4 Å². The Labute approximate surface area is 150 Å². The largest absolute Gasteiger partial charge is 0.375 e. The van der Waals surface area contributed by atoms with E-state index >= 15 is 0 Å². The van der Waals surface area contributed by atoms with Crippen LogP contribution in [-0.4, -0.2) is 18.2 Å². The molecule has 6 heteroatoms. The number of hydrogen-bond acceptors (Lipinski definition) is 3. The molecule has 1 aromatic carbocycles. The summed E-state index contributed by atoms with van der Waals surface area (Å²) in [7, 11) is 0. The lowest BCUT2D eigenvalue weighted by molar-refractivity contribution is -0.119. The van der Waals surface area contributed by atoms with Crippen molar-refractivity contribution in [2.45, 2.75) is 33.1 Å². The third kappa shape index (κ3) is 5.66. The monoisotopic (exact) mass is 397 g/mol. The van der Waals surface area contributed by atoms with Gasteiger partial charge in [-0.1, -0.05) is 23.3 Å². The summed E-state index contributed by atoms with van der Waals surface area (Å²) in [5, 5.41) is 7.93. The number of hydrazone groups is 1. The van der Waals surface area contributed by atoms with Gasteiger partial charge in [0.05, 0.1) is 6.54 Å². The zero-order valence-electron chi connectivity index (χ0n) is 13.3. The summed E-state index contributed by atoms with van der Waals surface area (Å²) >= 11 is 9.29. The number of amides is 1. The van der Waals surface area contributed by atoms with E-state index in [4.69, 9.17) is 11.6 Å². The minimum atomic E-state index is -0.172. The molecule has 1 aliphatic carbocycles. The Bertz CT molecular complexity index is 643. The molecule has 2 rings (SSSR count). The van der Waals surface area contributed by atoms with E-state index in [0.29, 0.717) is 10.9 Å². The number of nitrogens with one attached hydrogen (secondary N) is 2. The van der Waals surface area contributed by atoms with E-state index in [-0.39, 0.29) is 12.5 Å². The SMILES string of the molecule is CC1=CC[C@H](/C(C)=N\NC(=O)CNc2ccc(Cl)cc2Br)CC1. The Morgan fingerprint density at radius 2 is 2.26 bits per heavy atom. The maximum atomic E-state index is 11.9. The Balaban J connectivity index is 1.81. The molecule has 1 aromatic rings. The maximum absolute atomic E-state index is 11.9. The highest BCUT2D eigenvalue weighted by Gasteiger charge is 2.15. The lowest BCUT2D eigenvalue weighted by Gasteiger charge is -2.20. The number of halogens is 2. The summed E-state index contributed by atoms with van der Waals surface area (Å²) in [4.78, 5) is 11.9. The second-order valence-electron chi connectivity index (χ2n) is 5.79. The molecule has 0 saturated carbocycles. The molecular weight excluding hydrogens is 378 g/mol. The number of carbonyl (C=O) groups is 1. The standard InChI is InChI=1S/C17H21BrClN3O/c1-11-3-5-13(6-4-11)12(2)21-22-17(23)10-20-16-8-7-14(19)9-15(16)18/h3,7-9,13,20H,4-6,10H2,1-2H3,(H,22,23)/b21-12-/t13-/m0/s1. The van der Waals surface area contributed by atoms with Gasteiger partial charge < -0.3 is 5.32 Å². The molecule has 2 N–H and O–H groups in total. The van der Waals surface area contributed by atoms with E-state index in [2.05, 4.69) is 44.8 Å². The first-order valence-corrected chi connectivity index (χ1v) is 8.80. The van der Waals surface area contributed by atoms with Crippen LogP contribution in [0.5, 0.6) is 0 Å². The van der Waals surface area contributed by atoms with Gasteiger partial charge in [0.2, 0.25) is 0 Å². The summed E-state index contributed by atoms with van der Waals surface area (Å²) < 4.78 is 0.821. The van der Waals surface area contributed by atoms with Gasteiger partial charge in [-0.2, -0.15) is 5.10 Å². The van der Waals surface area contributed by atoms with Crippen molar-refractivity contribution in [2.75, 3.05) is 11.9 Å². The maximum Gasteiger partial charge on any atom is 0.259 e. The molecule has 0 saturated heterocycles. The molecule has 0 aliphatic heterocycles. The quantitative estimate of drug-likeness (QED) is 0.427. The third-order valence-electron chi connectivity index (χ3n) is 3.96. The van der Waals surface area contributed by atoms with E-state index in [0.717, 1.165) is 35.1 Å². The molecule has 1 amide bonds. The summed E-state index contributed by atoms with van der Waals surface area (Å²) in [5.41, 5.74) is 5.86. The van der Waals surface area contributed by atoms with E-state index in [1.807, 2.05) is 13.0 Å². The highest BCUT2D eigenvalue weighted by molar-refractivity contribution is 9.10. The highest BCUT2D eigenvalue weighted by atomic mass is 79.9. The minimum Gasteiger partial charge on any atom is -0.375 e. The van der Waals surface area contributed by atoms with E-state index < -0.39 is 0 Å². The van der Waals surface area contributed by atoms with Crippen LogP contribution < -0.4 is 10.7 Å². The second-order valence-corrected chi connectivity index (χ2v) is 7.08. The van der Waals surface area contributed by atoms with E-state index in [1.54, 1.807) is 12.1 Å². The molecule has 0 radical (unpaired) electrons. The zero-order chi connectivity index (χ0) is 16.8. The van der Waals surface area contributed by atoms with Crippen LogP contribution in [0.3, 0.4) is 0 Å². The molecule has 1 aliphatic rings. The lowest BCUT2D eigenvalue weighted by atomic mass is 9.87. The number of hydrogen-bond donors (Lipinski definition) is 2. The molecule has 4 nitrogen and oxygen atoms in total. The molecule has 0 spiro atoms. The van der Waals surface area contributed by atoms with Crippen LogP contribution in [0.2, 0.25) is 5.02 Å². The first kappa shape index (κ1) is 18.0. The van der Waals surface area contributed by atoms with Gasteiger partial charge in [0, 0.05) is 26.8 Å². The average molecular weight is 399 g/mol. The molecular formula is C17H21BrClN3O. The van der Waals surface area contributed by atoms with Gasteiger partial charge in [0.25, 0.3) is 5.91 Å². The number of anilines is 1. The van der Waals surface area contributed by atoms with Gasteiger partial charge in [-0.3, -0.25) is 4.79 Å². The van der Waals surface area contributed by atoms with Crippen molar-refractivity contribution >= 4 is 44.8 Å². The molecule has 0 bridgehead atoms. The number of rotatable bonds is 5. The van der Waals surface area contributed by atoms with E-state index in [1.165, 1.54) is 5.57 Å². The fourth-order valence-corrected chi connectivity index (χ4v) is 3.26. The number of benzene rings is 1. The average Bonchev–Trinajstić information content (AvgIpc) is 2.52. The van der Waals surface area contributed by atoms with Gasteiger partial charge >= 0.3 is 0 Å². The fourth-order valence-electron chi connectivity index (χ4n) is 2.43. The van der Waals surface area contributed by atoms with Gasteiger partial charge in [-0.25, -0.2) is 5.43 Å². The van der Waals surface area contributed by atoms with Crippen LogP contribution >= 0.6 is 27.5 Å². The molecule has 1 atom stereocenters. The van der Waals surface area contributed by atoms with Crippen molar-refractivity contribution in [3.05, 3.63) is 39.3 Å². The van der Waals surface area contributed by atoms with Crippen LogP contribution in [0.4, 0.5) is 5.69 Å². The smallest absolute Gasteiger partial charge is 0.259 e. The van der Waals surface area contributed by atoms with Crippen LogP contribution in [-0.2, 0) is 4.79 Å². The first-order chi connectivity index (χ1) is 11.0. The van der Waals surface area contributed by atoms with E-state index in [9.17, 15) is 4.79 Å². The number of nitrogens with zero attached hydrogens (tertiary/aromatic N) is 1. The van der Waals surface area contributed by atoms with Crippen LogP contribution in [0.1, 0.15) is 33.1 Å². The Kier molecular flexibility index (Phi) is 6.66. The van der Waals surface area contributed by atoms with Crippen molar-refractivity contribution in [1.29, 1.82) is 0 Å². The summed E-state index contributed by atoms with van der Waals surface area (Å²) in [6.07, 6.45) is 5.47. The number of carbonyl (C=O) groups excluding carboxylic acids is 1. The lowest BCUT2D eigenvalue weighted by Crippen LogP contribution is -2.28. The topological polar surface area (TPSA) is 53.5 Å². The molecule has 124 valence electrons. The van der Waals surface area contributed by atoms with Gasteiger partial charge in [-0.15, -0.1) is 0 Å². The fraction of sp³-hybridized carbons (Fsp3) is 0.412. The van der Waals surface area contributed by atoms with Gasteiger partial charge in [0.15, 0.2) is 0 Å². The Hall–Kier alpha value is -1.33. The molecule has 0 unspecified atom stereocenters. The van der Waals surface area contributed by atoms with Gasteiger partial charge in [0.1, 0.15) is 0 Å². The van der Waals surface area contributed by atoms with Crippen molar-refractivity contribution in [2.24, 2.45) is 11.0 Å². The molecule has 0 heterocycles. The van der Waals surface area contributed by atoms with Crippen molar-refractivity contribution in [3.8, 4) is 0 Å². The van der Waals surface area contributed by atoms with Gasteiger partial charge in [-0.05, 0) is 67.2 Å². The summed E-state index contributed by atoms with van der Waals surface area (Å²) in [6.45, 7) is 4.29. The minimum absolute atomic E-state index is 0.153. The Morgan fingerprint density at radius 1 is 1.48 bits per heavy atom. The normalized spacial score (nSPS) is 18.3. The third-order valence-corrected chi connectivity index (χ3v) is 4.85.